The molecule has 1 aromatic carbocycles. The number of hydrogen-bond donors (Lipinski definition) is 1. The van der Waals surface area contributed by atoms with Crippen molar-refractivity contribution in [1.82, 2.24) is 10.3 Å². The van der Waals surface area contributed by atoms with E-state index in [1.807, 2.05) is 29.8 Å². The van der Waals surface area contributed by atoms with Gasteiger partial charge in [0.25, 0.3) is 0 Å². The summed E-state index contributed by atoms with van der Waals surface area (Å²) in [5.74, 6) is 0.429. The summed E-state index contributed by atoms with van der Waals surface area (Å²) in [7, 11) is 0. The van der Waals surface area contributed by atoms with E-state index in [0.717, 1.165) is 24.9 Å². The lowest BCUT2D eigenvalue weighted by Gasteiger charge is -2.43. The summed E-state index contributed by atoms with van der Waals surface area (Å²) < 4.78 is 0. The Balaban J connectivity index is 1.54. The number of thiazole rings is 1. The maximum Gasteiger partial charge on any atom is 0.0965 e. The zero-order valence-corrected chi connectivity index (χ0v) is 12.9. The standard InChI is InChI=1S/C17H19N3S/c1-13(16-19-7-8-21-16)11-20-15-9-17(10-15,12-18)14-5-3-2-4-6-14/h2-8,13,15,20H,9-11H2,1H3. The Kier molecular flexibility index (Phi) is 4.05. The molecule has 0 aliphatic heterocycles. The maximum absolute atomic E-state index is 9.55. The first-order chi connectivity index (χ1) is 10.2. The zero-order chi connectivity index (χ0) is 14.7. The van der Waals surface area contributed by atoms with E-state index in [2.05, 4.69) is 35.4 Å². The average Bonchev–Trinajstić information content (AvgIpc) is 3.01. The molecule has 4 heteroatoms. The van der Waals surface area contributed by atoms with E-state index >= 15 is 0 Å². The fraction of sp³-hybridized carbons (Fsp3) is 0.412. The highest BCUT2D eigenvalue weighted by Gasteiger charge is 2.45. The van der Waals surface area contributed by atoms with Crippen molar-refractivity contribution in [3.8, 4) is 6.07 Å². The van der Waals surface area contributed by atoms with Crippen molar-refractivity contribution in [1.29, 1.82) is 5.26 Å². The third-order valence-electron chi connectivity index (χ3n) is 4.32. The van der Waals surface area contributed by atoms with Gasteiger partial charge in [0, 0.05) is 30.1 Å². The number of aromatic nitrogens is 1. The molecule has 0 saturated heterocycles. The highest BCUT2D eigenvalue weighted by Crippen LogP contribution is 2.43. The number of hydrogen-bond acceptors (Lipinski definition) is 4. The van der Waals surface area contributed by atoms with Gasteiger partial charge in [0.15, 0.2) is 0 Å². The molecular formula is C17H19N3S. The van der Waals surface area contributed by atoms with Crippen LogP contribution in [-0.4, -0.2) is 17.6 Å². The quantitative estimate of drug-likeness (QED) is 0.919. The lowest BCUT2D eigenvalue weighted by atomic mass is 9.62. The van der Waals surface area contributed by atoms with E-state index in [1.165, 1.54) is 5.01 Å². The van der Waals surface area contributed by atoms with Gasteiger partial charge in [-0.2, -0.15) is 5.26 Å². The van der Waals surface area contributed by atoms with E-state index in [0.29, 0.717) is 12.0 Å². The smallest absolute Gasteiger partial charge is 0.0965 e. The predicted octanol–water partition coefficient (Wildman–Crippen LogP) is 3.46. The second kappa shape index (κ2) is 5.97. The second-order valence-corrected chi connectivity index (χ2v) is 6.77. The summed E-state index contributed by atoms with van der Waals surface area (Å²) in [6.45, 7) is 3.12. The van der Waals surface area contributed by atoms with Gasteiger partial charge >= 0.3 is 0 Å². The minimum absolute atomic E-state index is 0.288. The number of rotatable bonds is 5. The van der Waals surface area contributed by atoms with Crippen LogP contribution in [0.5, 0.6) is 0 Å². The molecule has 0 spiro atoms. The molecule has 1 aromatic heterocycles. The van der Waals surface area contributed by atoms with Crippen LogP contribution in [0.3, 0.4) is 0 Å². The van der Waals surface area contributed by atoms with Crippen LogP contribution in [0.2, 0.25) is 0 Å². The van der Waals surface area contributed by atoms with Crippen molar-refractivity contribution in [2.75, 3.05) is 6.54 Å². The van der Waals surface area contributed by atoms with E-state index in [4.69, 9.17) is 0 Å². The first-order valence-corrected chi connectivity index (χ1v) is 8.21. The van der Waals surface area contributed by atoms with Crippen molar-refractivity contribution >= 4 is 11.3 Å². The summed E-state index contributed by atoms with van der Waals surface area (Å²) in [6.07, 6.45) is 3.66. The second-order valence-electron chi connectivity index (χ2n) is 5.84. The van der Waals surface area contributed by atoms with Crippen LogP contribution in [0, 0.1) is 11.3 Å². The van der Waals surface area contributed by atoms with E-state index in [-0.39, 0.29) is 5.41 Å². The monoisotopic (exact) mass is 297 g/mol. The first kappa shape index (κ1) is 14.2. The van der Waals surface area contributed by atoms with Crippen molar-refractivity contribution in [2.45, 2.75) is 37.1 Å². The molecule has 0 bridgehead atoms. The molecule has 1 heterocycles. The number of nitrogens with one attached hydrogen (secondary N) is 1. The van der Waals surface area contributed by atoms with Gasteiger partial charge in [-0.25, -0.2) is 4.98 Å². The van der Waals surface area contributed by atoms with Gasteiger partial charge in [0.1, 0.15) is 0 Å². The molecule has 0 radical (unpaired) electrons. The summed E-state index contributed by atoms with van der Waals surface area (Å²) in [5.41, 5.74) is 0.863. The molecule has 0 amide bonds. The zero-order valence-electron chi connectivity index (χ0n) is 12.1. The van der Waals surface area contributed by atoms with E-state index in [9.17, 15) is 5.26 Å². The Morgan fingerprint density at radius 2 is 2.19 bits per heavy atom. The predicted molar refractivity (Wildman–Crippen MR) is 85.3 cm³/mol. The third kappa shape index (κ3) is 2.85. The first-order valence-electron chi connectivity index (χ1n) is 7.33. The lowest BCUT2D eigenvalue weighted by molar-refractivity contribution is 0.225. The molecule has 1 aliphatic rings. The number of benzene rings is 1. The molecule has 1 saturated carbocycles. The van der Waals surface area contributed by atoms with Gasteiger partial charge in [-0.15, -0.1) is 11.3 Å². The number of nitrogens with zero attached hydrogens (tertiary/aromatic N) is 2. The summed E-state index contributed by atoms with van der Waals surface area (Å²) >= 11 is 1.71. The molecule has 1 aliphatic carbocycles. The fourth-order valence-corrected chi connectivity index (χ4v) is 3.68. The van der Waals surface area contributed by atoms with Crippen molar-refractivity contribution in [2.24, 2.45) is 0 Å². The average molecular weight is 297 g/mol. The van der Waals surface area contributed by atoms with Gasteiger partial charge < -0.3 is 5.32 Å². The Hall–Kier alpha value is -1.70. The molecular weight excluding hydrogens is 278 g/mol. The SMILES string of the molecule is CC(CNC1CC(C#N)(c2ccccc2)C1)c1nccs1. The van der Waals surface area contributed by atoms with Crippen LogP contribution in [-0.2, 0) is 5.41 Å². The summed E-state index contributed by atoms with van der Waals surface area (Å²) in [5, 5.41) is 16.3. The van der Waals surface area contributed by atoms with Crippen LogP contribution >= 0.6 is 11.3 Å². The van der Waals surface area contributed by atoms with Gasteiger partial charge in [0.2, 0.25) is 0 Å². The van der Waals surface area contributed by atoms with Crippen LogP contribution < -0.4 is 5.32 Å². The molecule has 1 unspecified atom stereocenters. The molecule has 108 valence electrons. The van der Waals surface area contributed by atoms with Gasteiger partial charge in [-0.05, 0) is 18.4 Å². The summed E-state index contributed by atoms with van der Waals surface area (Å²) in [6, 6.07) is 13.1. The van der Waals surface area contributed by atoms with Gasteiger partial charge in [0.05, 0.1) is 16.5 Å². The van der Waals surface area contributed by atoms with Gasteiger partial charge in [-0.1, -0.05) is 37.3 Å². The third-order valence-corrected chi connectivity index (χ3v) is 5.32. The van der Waals surface area contributed by atoms with Gasteiger partial charge in [-0.3, -0.25) is 0 Å². The van der Waals surface area contributed by atoms with Crippen molar-refractivity contribution in [3.63, 3.8) is 0 Å². The largest absolute Gasteiger partial charge is 0.313 e. The van der Waals surface area contributed by atoms with Crippen molar-refractivity contribution in [3.05, 3.63) is 52.5 Å². The molecule has 21 heavy (non-hydrogen) atoms. The molecule has 1 N–H and O–H groups in total. The minimum Gasteiger partial charge on any atom is -0.313 e. The lowest BCUT2D eigenvalue weighted by Crippen LogP contribution is -2.51. The molecule has 3 rings (SSSR count). The number of nitriles is 1. The Morgan fingerprint density at radius 1 is 1.43 bits per heavy atom. The van der Waals surface area contributed by atoms with Crippen LogP contribution in [0.1, 0.15) is 36.3 Å². The molecule has 1 fully saturated rings. The Bertz CT molecular complexity index is 609. The Morgan fingerprint density at radius 3 is 2.81 bits per heavy atom. The van der Waals surface area contributed by atoms with E-state index < -0.39 is 0 Å². The van der Waals surface area contributed by atoms with Crippen LogP contribution in [0.25, 0.3) is 0 Å². The Labute approximate surface area is 129 Å². The molecule has 2 aromatic rings. The minimum atomic E-state index is -0.288. The van der Waals surface area contributed by atoms with Crippen molar-refractivity contribution < 1.29 is 0 Å². The highest BCUT2D eigenvalue weighted by atomic mass is 32.1. The fourth-order valence-electron chi connectivity index (χ4n) is 2.98. The van der Waals surface area contributed by atoms with Crippen LogP contribution in [0.15, 0.2) is 41.9 Å². The van der Waals surface area contributed by atoms with E-state index in [1.54, 1.807) is 11.3 Å². The molecule has 3 nitrogen and oxygen atoms in total. The van der Waals surface area contributed by atoms with Crippen LogP contribution in [0.4, 0.5) is 0 Å². The molecule has 1 atom stereocenters. The maximum atomic E-state index is 9.55. The normalized spacial score (nSPS) is 25.8. The topological polar surface area (TPSA) is 48.7 Å². The summed E-state index contributed by atoms with van der Waals surface area (Å²) in [4.78, 5) is 4.36. The highest BCUT2D eigenvalue weighted by molar-refractivity contribution is 7.09.